The fraction of sp³-hybridized carbons (Fsp3) is 0.167. The molecular weight excluding hydrogens is 580 g/mol. The molecule has 29 heavy (non-hydrogen) atoms. The van der Waals surface area contributed by atoms with Crippen LogP contribution in [0.15, 0.2) is 91.0 Å². The quantitative estimate of drug-likeness (QED) is 0.303. The SMILES string of the molecule is CCC[NH][Hf+2]([CH]1C=Cc2ccccc21)[SiH](c1ccccc1)c1ccccc1.[Cl-].[Cl-]. The van der Waals surface area contributed by atoms with Crippen molar-refractivity contribution in [1.82, 2.24) is 3.30 Å². The van der Waals surface area contributed by atoms with Crippen molar-refractivity contribution in [2.24, 2.45) is 0 Å². The maximum absolute atomic E-state index is 4.17. The number of benzene rings is 3. The third-order valence-corrected chi connectivity index (χ3v) is 33.1. The minimum Gasteiger partial charge on any atom is -1.00 e. The first-order valence-electron chi connectivity index (χ1n) is 9.86. The number of allylic oxidation sites excluding steroid dienone is 1. The van der Waals surface area contributed by atoms with E-state index in [0.717, 1.165) is 6.54 Å². The largest absolute Gasteiger partial charge is 1.00 e. The van der Waals surface area contributed by atoms with Crippen molar-refractivity contribution in [1.29, 1.82) is 0 Å². The van der Waals surface area contributed by atoms with Crippen molar-refractivity contribution in [3.8, 4) is 0 Å². The Hall–Kier alpha value is -0.973. The summed E-state index contributed by atoms with van der Waals surface area (Å²) in [5.74, 6) is -1.26. The van der Waals surface area contributed by atoms with Gasteiger partial charge in [0.1, 0.15) is 0 Å². The van der Waals surface area contributed by atoms with Crippen LogP contribution in [0.2, 0.25) is 0 Å². The Morgan fingerprint density at radius 3 is 1.93 bits per heavy atom. The van der Waals surface area contributed by atoms with Crippen molar-refractivity contribution < 1.29 is 45.7 Å². The van der Waals surface area contributed by atoms with Gasteiger partial charge in [0.05, 0.1) is 0 Å². The molecule has 1 unspecified atom stereocenters. The van der Waals surface area contributed by atoms with Crippen LogP contribution in [0.3, 0.4) is 0 Å². The maximum Gasteiger partial charge on any atom is -1.00 e. The van der Waals surface area contributed by atoms with Crippen LogP contribution in [0.4, 0.5) is 0 Å². The van der Waals surface area contributed by atoms with Crippen molar-refractivity contribution >= 4 is 22.4 Å². The first-order chi connectivity index (χ1) is 13.4. The zero-order chi connectivity index (χ0) is 18.5. The summed E-state index contributed by atoms with van der Waals surface area (Å²) in [5, 5.41) is 3.21. The van der Waals surface area contributed by atoms with Gasteiger partial charge in [-0.3, -0.25) is 0 Å². The molecule has 0 amide bonds. The standard InChI is InChI=1S/C12H11Si.C9H7.C3H8N.2ClH.Hf/c1-3-7-11(8-4-1)13-12-9-5-2-6-10-12;1-2-5-9-7-3-6-8(9)4-1;1-2-3-4;;;/h1-10,13H;1-7H;4H,2-3H2,1H3;2*1H;/q;;-1;;;+3/p-2. The molecule has 0 spiro atoms. The van der Waals surface area contributed by atoms with Crippen LogP contribution in [0.1, 0.15) is 28.1 Å². The molecule has 1 N–H and O–H groups in total. The molecule has 0 saturated carbocycles. The second-order valence-corrected chi connectivity index (χ2v) is 27.4. The van der Waals surface area contributed by atoms with E-state index in [2.05, 4.69) is 107 Å². The summed E-state index contributed by atoms with van der Waals surface area (Å²) < 4.78 is 4.82. The van der Waals surface area contributed by atoms with Gasteiger partial charge in [0.15, 0.2) is 0 Å². The molecule has 1 atom stereocenters. The van der Waals surface area contributed by atoms with E-state index < -0.39 is 26.9 Å². The van der Waals surface area contributed by atoms with E-state index in [4.69, 9.17) is 0 Å². The molecule has 0 aromatic heterocycles. The fourth-order valence-corrected chi connectivity index (χ4v) is 34.4. The van der Waals surface area contributed by atoms with Gasteiger partial charge >= 0.3 is 172 Å². The number of fused-ring (bicyclic) bond motifs is 1. The number of hydrogen-bond donors (Lipinski definition) is 1. The average Bonchev–Trinajstić information content (AvgIpc) is 3.16. The van der Waals surface area contributed by atoms with Crippen LogP contribution in [0, 0.1) is 0 Å². The van der Waals surface area contributed by atoms with E-state index in [-0.39, 0.29) is 24.8 Å². The van der Waals surface area contributed by atoms with Gasteiger partial charge in [-0.2, -0.15) is 0 Å². The molecule has 5 heteroatoms. The van der Waals surface area contributed by atoms with Crippen LogP contribution < -0.4 is 38.5 Å². The molecule has 0 heterocycles. The van der Waals surface area contributed by atoms with Crippen molar-refractivity contribution in [2.75, 3.05) is 6.54 Å². The molecule has 0 aliphatic heterocycles. The second kappa shape index (κ2) is 12.0. The number of nitrogens with one attached hydrogen (secondary N) is 1. The summed E-state index contributed by atoms with van der Waals surface area (Å²) in [6, 6.07) is 31.7. The van der Waals surface area contributed by atoms with Crippen LogP contribution >= 0.6 is 0 Å². The molecular formula is C24H26Cl2HfNSi. The first kappa shape index (κ1) is 24.3. The summed E-state index contributed by atoms with van der Waals surface area (Å²) in [6.45, 7) is 3.44. The molecule has 3 aromatic carbocycles. The molecule has 1 aliphatic carbocycles. The zero-order valence-electron chi connectivity index (χ0n) is 16.6. The minimum atomic E-state index is -2.25. The van der Waals surface area contributed by atoms with E-state index >= 15 is 0 Å². The Balaban J connectivity index is 0.00000150. The van der Waals surface area contributed by atoms with Gasteiger partial charge in [-0.15, -0.1) is 0 Å². The van der Waals surface area contributed by atoms with E-state index in [0.29, 0.717) is 3.67 Å². The van der Waals surface area contributed by atoms with Gasteiger partial charge in [0.25, 0.3) is 0 Å². The maximum atomic E-state index is 4.17. The third kappa shape index (κ3) is 5.59. The van der Waals surface area contributed by atoms with E-state index in [9.17, 15) is 0 Å². The van der Waals surface area contributed by atoms with Crippen molar-refractivity contribution in [2.45, 2.75) is 17.0 Å². The number of hydrogen-bond acceptors (Lipinski definition) is 1. The summed E-state index contributed by atoms with van der Waals surface area (Å²) in [6.07, 6.45) is 6.08. The summed E-state index contributed by atoms with van der Waals surface area (Å²) >= 11 is -2.25. The average molecular weight is 606 g/mol. The smallest absolute Gasteiger partial charge is 1.00 e. The summed E-state index contributed by atoms with van der Waals surface area (Å²) in [4.78, 5) is 0. The van der Waals surface area contributed by atoms with Gasteiger partial charge in [0.2, 0.25) is 0 Å². The molecule has 149 valence electrons. The van der Waals surface area contributed by atoms with Gasteiger partial charge in [-0.25, -0.2) is 0 Å². The van der Waals surface area contributed by atoms with Crippen molar-refractivity contribution in [3.05, 3.63) is 102 Å². The minimum absolute atomic E-state index is 0. The zero-order valence-corrected chi connectivity index (χ0v) is 22.8. The topological polar surface area (TPSA) is 12.0 Å². The van der Waals surface area contributed by atoms with Crippen LogP contribution in [-0.4, -0.2) is 12.5 Å². The Labute approximate surface area is 196 Å². The third-order valence-electron chi connectivity index (χ3n) is 5.29. The Kier molecular flexibility index (Phi) is 10.1. The van der Waals surface area contributed by atoms with Crippen LogP contribution in [0.5, 0.6) is 0 Å². The fourth-order valence-electron chi connectivity index (χ4n) is 4.02. The monoisotopic (exact) mass is 606 g/mol. The number of rotatable bonds is 7. The van der Waals surface area contributed by atoms with Gasteiger partial charge in [-0.05, 0) is 0 Å². The van der Waals surface area contributed by atoms with Crippen LogP contribution in [-0.2, 0) is 20.9 Å². The molecule has 1 aliphatic rings. The Morgan fingerprint density at radius 2 is 1.34 bits per heavy atom. The number of halogens is 2. The molecule has 0 radical (unpaired) electrons. The molecule has 3 aromatic rings. The Morgan fingerprint density at radius 1 is 0.793 bits per heavy atom. The predicted molar refractivity (Wildman–Crippen MR) is 116 cm³/mol. The van der Waals surface area contributed by atoms with Crippen LogP contribution in [0.25, 0.3) is 6.08 Å². The molecule has 4 rings (SSSR count). The first-order valence-corrected chi connectivity index (χ1v) is 21.7. The molecule has 0 saturated heterocycles. The molecule has 0 bridgehead atoms. The second-order valence-electron chi connectivity index (χ2n) is 7.10. The summed E-state index contributed by atoms with van der Waals surface area (Å²) in [7, 11) is 0. The molecule has 0 fully saturated rings. The van der Waals surface area contributed by atoms with Gasteiger partial charge < -0.3 is 24.8 Å². The van der Waals surface area contributed by atoms with Gasteiger partial charge in [0, 0.05) is 0 Å². The normalized spacial score (nSPS) is 14.1. The van der Waals surface area contributed by atoms with E-state index in [1.54, 1.807) is 15.9 Å². The Bertz CT molecular complexity index is 866. The van der Waals surface area contributed by atoms with E-state index in [1.807, 2.05) is 0 Å². The van der Waals surface area contributed by atoms with Crippen molar-refractivity contribution in [3.63, 3.8) is 0 Å². The van der Waals surface area contributed by atoms with E-state index in [1.165, 1.54) is 12.0 Å². The molecule has 1 nitrogen and oxygen atoms in total. The van der Waals surface area contributed by atoms with Gasteiger partial charge in [-0.1, -0.05) is 0 Å². The summed E-state index contributed by atoms with van der Waals surface area (Å²) in [5.41, 5.74) is 2.99. The predicted octanol–water partition coefficient (Wildman–Crippen LogP) is -2.17.